The summed E-state index contributed by atoms with van der Waals surface area (Å²) < 4.78 is 18.1. The summed E-state index contributed by atoms with van der Waals surface area (Å²) in [5, 5.41) is 30.4. The normalized spacial score (nSPS) is 10.8. The number of aromatic amines is 1. The molecular formula is C29H31N3O6. The lowest BCUT2D eigenvalue weighted by Crippen LogP contribution is -2.08. The molecule has 0 aliphatic heterocycles. The highest BCUT2D eigenvalue weighted by Gasteiger charge is 2.16. The van der Waals surface area contributed by atoms with E-state index in [-0.39, 0.29) is 17.1 Å². The number of rotatable bonds is 13. The lowest BCUT2D eigenvalue weighted by Gasteiger charge is -2.17. The second-order valence-corrected chi connectivity index (χ2v) is 8.62. The number of aromatic nitrogens is 3. The van der Waals surface area contributed by atoms with Crippen molar-refractivity contribution in [1.29, 1.82) is 0 Å². The van der Waals surface area contributed by atoms with Crippen molar-refractivity contribution < 1.29 is 29.2 Å². The fourth-order valence-corrected chi connectivity index (χ4v) is 4.11. The Hall–Kier alpha value is -4.53. The molecule has 3 N–H and O–H groups in total. The first-order valence-electron chi connectivity index (χ1n) is 12.6. The molecule has 1 aromatic heterocycles. The average Bonchev–Trinajstić information content (AvgIpc) is 3.45. The van der Waals surface area contributed by atoms with Crippen LogP contribution in [0, 0.1) is 0 Å². The third-order valence-electron chi connectivity index (χ3n) is 5.98. The Morgan fingerprint density at radius 2 is 1.68 bits per heavy atom. The van der Waals surface area contributed by atoms with Gasteiger partial charge in [-0.05, 0) is 48.7 Å². The number of phenols is 1. The van der Waals surface area contributed by atoms with Crippen molar-refractivity contribution in [3.63, 3.8) is 0 Å². The molecule has 0 bridgehead atoms. The monoisotopic (exact) mass is 517 g/mol. The Bertz CT molecular complexity index is 1370. The molecule has 0 amide bonds. The van der Waals surface area contributed by atoms with Crippen LogP contribution in [0.4, 0.5) is 0 Å². The SMILES string of the molecule is CCCc1c(OCCCOc2cc(O)c(-c3cn[nH]n3)cc2CC)cccc1Oc1ccccc1C(=O)O. The van der Waals surface area contributed by atoms with Crippen LogP contribution in [0.15, 0.2) is 60.8 Å². The van der Waals surface area contributed by atoms with Crippen molar-refractivity contribution in [2.45, 2.75) is 39.5 Å². The minimum absolute atomic E-state index is 0.0767. The predicted molar refractivity (Wildman–Crippen MR) is 142 cm³/mol. The van der Waals surface area contributed by atoms with Gasteiger partial charge in [0.25, 0.3) is 0 Å². The van der Waals surface area contributed by atoms with Gasteiger partial charge >= 0.3 is 5.97 Å². The summed E-state index contributed by atoms with van der Waals surface area (Å²) in [5.41, 5.74) is 3.11. The summed E-state index contributed by atoms with van der Waals surface area (Å²) in [5.74, 6) is 1.21. The highest BCUT2D eigenvalue weighted by molar-refractivity contribution is 5.91. The topological polar surface area (TPSA) is 127 Å². The predicted octanol–water partition coefficient (Wildman–Crippen LogP) is 6.03. The summed E-state index contributed by atoms with van der Waals surface area (Å²) >= 11 is 0. The van der Waals surface area contributed by atoms with Crippen molar-refractivity contribution in [2.75, 3.05) is 13.2 Å². The van der Waals surface area contributed by atoms with E-state index in [9.17, 15) is 15.0 Å². The van der Waals surface area contributed by atoms with E-state index in [1.54, 1.807) is 30.5 Å². The van der Waals surface area contributed by atoms with Crippen molar-refractivity contribution >= 4 is 5.97 Å². The van der Waals surface area contributed by atoms with Crippen molar-refractivity contribution in [2.24, 2.45) is 0 Å². The van der Waals surface area contributed by atoms with E-state index in [4.69, 9.17) is 14.2 Å². The van der Waals surface area contributed by atoms with Gasteiger partial charge in [-0.25, -0.2) is 4.79 Å². The Balaban J connectivity index is 1.39. The molecule has 0 fully saturated rings. The number of hydrogen-bond acceptors (Lipinski definition) is 7. The number of ether oxygens (including phenoxy) is 3. The Kier molecular flexibility index (Phi) is 8.81. The molecule has 0 unspecified atom stereocenters. The van der Waals surface area contributed by atoms with Crippen LogP contribution in [0.5, 0.6) is 28.7 Å². The largest absolute Gasteiger partial charge is 0.507 e. The van der Waals surface area contributed by atoms with Gasteiger partial charge in [0.15, 0.2) is 0 Å². The van der Waals surface area contributed by atoms with Crippen LogP contribution in [-0.4, -0.2) is 44.8 Å². The molecule has 4 rings (SSSR count). The van der Waals surface area contributed by atoms with E-state index >= 15 is 0 Å². The molecule has 9 heteroatoms. The molecule has 0 aliphatic carbocycles. The van der Waals surface area contributed by atoms with Gasteiger partial charge in [-0.1, -0.05) is 38.5 Å². The lowest BCUT2D eigenvalue weighted by molar-refractivity contribution is 0.0694. The number of carbonyl (C=O) groups is 1. The number of nitrogens with zero attached hydrogens (tertiary/aromatic N) is 2. The van der Waals surface area contributed by atoms with Crippen LogP contribution in [0.25, 0.3) is 11.3 Å². The molecule has 1 heterocycles. The molecule has 0 saturated heterocycles. The Labute approximate surface area is 221 Å². The maximum absolute atomic E-state index is 11.6. The van der Waals surface area contributed by atoms with E-state index in [1.807, 2.05) is 31.2 Å². The smallest absolute Gasteiger partial charge is 0.339 e. The highest BCUT2D eigenvalue weighted by atomic mass is 16.5. The number of carboxylic acid groups (broad SMARTS) is 1. The zero-order chi connectivity index (χ0) is 26.9. The molecule has 3 aromatic carbocycles. The molecule has 0 aliphatic rings. The number of para-hydroxylation sites is 1. The Morgan fingerprint density at radius 1 is 0.947 bits per heavy atom. The number of aromatic hydroxyl groups is 1. The molecule has 0 saturated carbocycles. The highest BCUT2D eigenvalue weighted by Crippen LogP contribution is 2.36. The number of carboxylic acids is 1. The minimum atomic E-state index is -1.04. The molecule has 0 spiro atoms. The second-order valence-electron chi connectivity index (χ2n) is 8.62. The van der Waals surface area contributed by atoms with Crippen molar-refractivity contribution in [3.8, 4) is 40.0 Å². The quantitative estimate of drug-likeness (QED) is 0.184. The van der Waals surface area contributed by atoms with Gasteiger partial charge in [0, 0.05) is 23.6 Å². The van der Waals surface area contributed by atoms with Gasteiger partial charge in [0.05, 0.1) is 19.4 Å². The maximum Gasteiger partial charge on any atom is 0.339 e. The standard InChI is InChI=1S/C29H31N3O6/c1-3-9-20-25(12-7-13-26(20)38-27-11-6-5-10-21(27)29(34)35)36-14-8-15-37-28-17-24(33)22(16-19(28)4-2)23-18-30-32-31-23/h5-7,10-13,16-18,33H,3-4,8-9,14-15H2,1-2H3,(H,34,35)(H,30,31,32). The van der Waals surface area contributed by atoms with Crippen LogP contribution >= 0.6 is 0 Å². The summed E-state index contributed by atoms with van der Waals surface area (Å²) in [4.78, 5) is 11.6. The molecule has 0 radical (unpaired) electrons. The van der Waals surface area contributed by atoms with Gasteiger partial charge in [-0.3, -0.25) is 0 Å². The van der Waals surface area contributed by atoms with E-state index in [0.29, 0.717) is 54.6 Å². The lowest BCUT2D eigenvalue weighted by atomic mass is 10.0. The Morgan fingerprint density at radius 3 is 2.39 bits per heavy atom. The van der Waals surface area contributed by atoms with Gasteiger partial charge in [-0.15, -0.1) is 0 Å². The third kappa shape index (κ3) is 6.23. The van der Waals surface area contributed by atoms with Crippen LogP contribution in [-0.2, 0) is 12.8 Å². The summed E-state index contributed by atoms with van der Waals surface area (Å²) in [6.07, 6.45) is 4.50. The number of phenolic OH excluding ortho intramolecular Hbond substituents is 1. The molecule has 9 nitrogen and oxygen atoms in total. The maximum atomic E-state index is 11.6. The molecule has 38 heavy (non-hydrogen) atoms. The molecule has 4 aromatic rings. The zero-order valence-corrected chi connectivity index (χ0v) is 21.4. The van der Waals surface area contributed by atoms with Crippen molar-refractivity contribution in [3.05, 3.63) is 77.5 Å². The van der Waals surface area contributed by atoms with E-state index in [0.717, 1.165) is 24.0 Å². The van der Waals surface area contributed by atoms with Gasteiger partial charge in [0.1, 0.15) is 40.0 Å². The first kappa shape index (κ1) is 26.5. The molecular weight excluding hydrogens is 486 g/mol. The van der Waals surface area contributed by atoms with Gasteiger partial charge in [-0.2, -0.15) is 15.4 Å². The van der Waals surface area contributed by atoms with E-state index in [2.05, 4.69) is 22.3 Å². The third-order valence-corrected chi connectivity index (χ3v) is 5.98. The minimum Gasteiger partial charge on any atom is -0.507 e. The second kappa shape index (κ2) is 12.6. The fourth-order valence-electron chi connectivity index (χ4n) is 4.11. The zero-order valence-electron chi connectivity index (χ0n) is 21.4. The summed E-state index contributed by atoms with van der Waals surface area (Å²) in [7, 11) is 0. The summed E-state index contributed by atoms with van der Waals surface area (Å²) in [6, 6.07) is 15.6. The van der Waals surface area contributed by atoms with Crippen LogP contribution in [0.1, 0.15) is 48.2 Å². The van der Waals surface area contributed by atoms with Crippen LogP contribution in [0.2, 0.25) is 0 Å². The number of hydrogen-bond donors (Lipinski definition) is 3. The van der Waals surface area contributed by atoms with Crippen LogP contribution in [0.3, 0.4) is 0 Å². The number of aromatic carboxylic acids is 1. The van der Waals surface area contributed by atoms with Crippen molar-refractivity contribution in [1.82, 2.24) is 15.4 Å². The first-order chi connectivity index (χ1) is 18.5. The number of benzene rings is 3. The summed E-state index contributed by atoms with van der Waals surface area (Å²) in [6.45, 7) is 4.90. The average molecular weight is 518 g/mol. The number of H-pyrrole nitrogens is 1. The van der Waals surface area contributed by atoms with E-state index < -0.39 is 5.97 Å². The number of nitrogens with one attached hydrogen (secondary N) is 1. The molecule has 198 valence electrons. The van der Waals surface area contributed by atoms with Gasteiger partial charge in [0.2, 0.25) is 0 Å². The van der Waals surface area contributed by atoms with Gasteiger partial charge < -0.3 is 24.4 Å². The van der Waals surface area contributed by atoms with E-state index in [1.165, 1.54) is 6.07 Å². The first-order valence-corrected chi connectivity index (χ1v) is 12.6. The van der Waals surface area contributed by atoms with Crippen LogP contribution < -0.4 is 14.2 Å². The molecule has 0 atom stereocenters. The number of aryl methyl sites for hydroxylation is 1. The fraction of sp³-hybridized carbons (Fsp3) is 0.276.